The van der Waals surface area contributed by atoms with Gasteiger partial charge in [-0.05, 0) is 6.92 Å². The number of carbonyl (C=O) groups is 2. The highest BCUT2D eigenvalue weighted by Crippen LogP contribution is 2.19. The largest absolute Gasteiger partial charge is 0.481 e. The predicted molar refractivity (Wildman–Crippen MR) is 70.4 cm³/mol. The lowest BCUT2D eigenvalue weighted by atomic mass is 10.0. The van der Waals surface area contributed by atoms with Crippen molar-refractivity contribution in [2.75, 3.05) is 32.3 Å². The van der Waals surface area contributed by atoms with E-state index >= 15 is 0 Å². The van der Waals surface area contributed by atoms with Crippen LogP contribution in [0.15, 0.2) is 0 Å². The highest BCUT2D eigenvalue weighted by molar-refractivity contribution is 7.84. The Labute approximate surface area is 114 Å². The van der Waals surface area contributed by atoms with Crippen LogP contribution in [0.3, 0.4) is 0 Å². The second-order valence-corrected chi connectivity index (χ2v) is 6.23. The molecule has 1 rings (SSSR count). The number of aliphatic carboxylic acids is 1. The molecule has 0 aromatic heterocycles. The maximum atomic E-state index is 12.0. The monoisotopic (exact) mass is 292 g/mol. The molecule has 2 N–H and O–H groups in total. The van der Waals surface area contributed by atoms with Crippen molar-refractivity contribution < 1.29 is 23.6 Å². The highest BCUT2D eigenvalue weighted by atomic mass is 32.2. The first kappa shape index (κ1) is 15.9. The van der Waals surface area contributed by atoms with Crippen LogP contribution in [0.25, 0.3) is 0 Å². The number of ether oxygens (including phenoxy) is 1. The van der Waals surface area contributed by atoms with E-state index in [4.69, 9.17) is 9.84 Å². The molecular formula is C11H20N2O5S. The van der Waals surface area contributed by atoms with Crippen molar-refractivity contribution in [3.05, 3.63) is 0 Å². The lowest BCUT2D eigenvalue weighted by Crippen LogP contribution is -2.51. The van der Waals surface area contributed by atoms with Gasteiger partial charge >= 0.3 is 12.0 Å². The van der Waals surface area contributed by atoms with Crippen molar-refractivity contribution in [1.29, 1.82) is 0 Å². The van der Waals surface area contributed by atoms with Crippen LogP contribution in [0, 0.1) is 5.92 Å². The van der Waals surface area contributed by atoms with Crippen LogP contribution >= 0.6 is 0 Å². The molecule has 1 saturated heterocycles. The van der Waals surface area contributed by atoms with Gasteiger partial charge in [-0.2, -0.15) is 0 Å². The second-order valence-electron chi connectivity index (χ2n) is 4.75. The molecule has 19 heavy (non-hydrogen) atoms. The number of carboxylic acids is 1. The van der Waals surface area contributed by atoms with Crippen molar-refractivity contribution in [2.45, 2.75) is 19.0 Å². The molecule has 2 amide bonds. The number of nitrogens with zero attached hydrogens (tertiary/aromatic N) is 1. The third-order valence-corrected chi connectivity index (χ3v) is 4.01. The minimum atomic E-state index is -0.994. The molecule has 0 aromatic carbocycles. The third kappa shape index (κ3) is 4.46. The lowest BCUT2D eigenvalue weighted by Gasteiger charge is -2.27. The van der Waals surface area contributed by atoms with Gasteiger partial charge in [0.15, 0.2) is 0 Å². The normalized spacial score (nSPS) is 25.6. The molecule has 0 aromatic rings. The summed E-state index contributed by atoms with van der Waals surface area (Å²) in [5, 5.41) is 11.7. The van der Waals surface area contributed by atoms with Crippen LogP contribution in [0.4, 0.5) is 4.79 Å². The van der Waals surface area contributed by atoms with Crippen molar-refractivity contribution in [3.63, 3.8) is 0 Å². The zero-order valence-corrected chi connectivity index (χ0v) is 12.1. The Bertz CT molecular complexity index is 376. The first-order valence-electron chi connectivity index (χ1n) is 5.96. The highest BCUT2D eigenvalue weighted by Gasteiger charge is 2.38. The van der Waals surface area contributed by atoms with Gasteiger partial charge in [0, 0.05) is 35.9 Å². The molecule has 1 heterocycles. The molecule has 7 nitrogen and oxygen atoms in total. The Kier molecular flexibility index (Phi) is 5.74. The van der Waals surface area contributed by atoms with Crippen LogP contribution in [-0.2, 0) is 20.3 Å². The fourth-order valence-electron chi connectivity index (χ4n) is 2.02. The number of amides is 2. The summed E-state index contributed by atoms with van der Waals surface area (Å²) < 4.78 is 16.2. The van der Waals surface area contributed by atoms with Gasteiger partial charge in [0.05, 0.1) is 19.3 Å². The molecule has 1 aliphatic heterocycles. The van der Waals surface area contributed by atoms with Gasteiger partial charge in [0.1, 0.15) is 5.92 Å². The Morgan fingerprint density at radius 1 is 1.53 bits per heavy atom. The number of urea groups is 1. The smallest absolute Gasteiger partial charge is 0.317 e. The number of carboxylic acid groups (broad SMARTS) is 1. The zero-order valence-electron chi connectivity index (χ0n) is 11.3. The Morgan fingerprint density at radius 2 is 2.16 bits per heavy atom. The Balaban J connectivity index is 2.56. The van der Waals surface area contributed by atoms with E-state index in [9.17, 15) is 13.8 Å². The SMILES string of the molecule is CC(CS(C)=O)NC(=O)N(C)C1COCC1C(=O)O. The molecule has 4 unspecified atom stereocenters. The fraction of sp³-hybridized carbons (Fsp3) is 0.818. The summed E-state index contributed by atoms with van der Waals surface area (Å²) in [6.07, 6.45) is 1.57. The minimum Gasteiger partial charge on any atom is -0.481 e. The van der Waals surface area contributed by atoms with Crippen molar-refractivity contribution in [2.24, 2.45) is 5.92 Å². The minimum absolute atomic E-state index is 0.117. The van der Waals surface area contributed by atoms with E-state index < -0.39 is 28.7 Å². The summed E-state index contributed by atoms with van der Waals surface area (Å²) in [5.41, 5.74) is 0. The average molecular weight is 292 g/mol. The van der Waals surface area contributed by atoms with Gasteiger partial charge in [0.25, 0.3) is 0 Å². The molecule has 1 fully saturated rings. The van der Waals surface area contributed by atoms with Gasteiger partial charge in [-0.25, -0.2) is 4.79 Å². The number of rotatable bonds is 5. The van der Waals surface area contributed by atoms with E-state index in [1.807, 2.05) is 0 Å². The predicted octanol–water partition coefficient (Wildman–Crippen LogP) is -0.506. The topological polar surface area (TPSA) is 95.9 Å². The quantitative estimate of drug-likeness (QED) is 0.712. The van der Waals surface area contributed by atoms with E-state index in [-0.39, 0.29) is 25.3 Å². The van der Waals surface area contributed by atoms with E-state index in [0.717, 1.165) is 0 Å². The van der Waals surface area contributed by atoms with Crippen molar-refractivity contribution in [3.8, 4) is 0 Å². The third-order valence-electron chi connectivity index (χ3n) is 3.04. The van der Waals surface area contributed by atoms with Gasteiger partial charge in [-0.1, -0.05) is 0 Å². The fourth-order valence-corrected chi connectivity index (χ4v) is 2.80. The van der Waals surface area contributed by atoms with E-state index in [2.05, 4.69) is 5.32 Å². The Hall–Kier alpha value is -1.15. The maximum absolute atomic E-state index is 12.0. The molecule has 0 saturated carbocycles. The van der Waals surface area contributed by atoms with Gasteiger partial charge in [-0.3, -0.25) is 9.00 Å². The summed E-state index contributed by atoms with van der Waals surface area (Å²) >= 11 is 0. The zero-order chi connectivity index (χ0) is 14.6. The number of likely N-dealkylation sites (N-methyl/N-ethyl adjacent to an activating group) is 1. The molecule has 4 atom stereocenters. The van der Waals surface area contributed by atoms with Crippen LogP contribution < -0.4 is 5.32 Å². The van der Waals surface area contributed by atoms with Crippen LogP contribution in [0.2, 0.25) is 0 Å². The standard InChI is InChI=1S/C11H20N2O5S/c1-7(6-19(3)17)12-11(16)13(2)9-5-18-4-8(9)10(14)15/h7-9H,4-6H2,1-3H3,(H,12,16)(H,14,15). The van der Waals surface area contributed by atoms with Crippen LogP contribution in [0.1, 0.15) is 6.92 Å². The first-order chi connectivity index (χ1) is 8.82. The first-order valence-corrected chi connectivity index (χ1v) is 7.69. The number of carbonyl (C=O) groups excluding carboxylic acids is 1. The average Bonchev–Trinajstić information content (AvgIpc) is 2.75. The maximum Gasteiger partial charge on any atom is 0.317 e. The summed E-state index contributed by atoms with van der Waals surface area (Å²) in [6, 6.07) is -1.08. The molecule has 8 heteroatoms. The summed E-state index contributed by atoms with van der Waals surface area (Å²) in [6.45, 7) is 2.09. The van der Waals surface area contributed by atoms with Crippen molar-refractivity contribution >= 4 is 22.8 Å². The van der Waals surface area contributed by atoms with Gasteiger partial charge in [-0.15, -0.1) is 0 Å². The molecule has 110 valence electrons. The van der Waals surface area contributed by atoms with Crippen molar-refractivity contribution in [1.82, 2.24) is 10.2 Å². The van der Waals surface area contributed by atoms with Gasteiger partial charge < -0.3 is 20.1 Å². The molecule has 0 radical (unpaired) electrons. The van der Waals surface area contributed by atoms with E-state index in [1.54, 1.807) is 20.2 Å². The summed E-state index contributed by atoms with van der Waals surface area (Å²) in [5.74, 6) is -1.31. The van der Waals surface area contributed by atoms with Gasteiger partial charge in [0.2, 0.25) is 0 Å². The lowest BCUT2D eigenvalue weighted by molar-refractivity contribution is -0.142. The second kappa shape index (κ2) is 6.85. The summed E-state index contributed by atoms with van der Waals surface area (Å²) in [4.78, 5) is 24.3. The molecular weight excluding hydrogens is 272 g/mol. The van der Waals surface area contributed by atoms with Crippen LogP contribution in [-0.4, -0.2) is 70.6 Å². The molecule has 0 bridgehead atoms. The number of nitrogens with one attached hydrogen (secondary N) is 1. The van der Waals surface area contributed by atoms with E-state index in [1.165, 1.54) is 4.90 Å². The molecule has 1 aliphatic rings. The van der Waals surface area contributed by atoms with Crippen LogP contribution in [0.5, 0.6) is 0 Å². The molecule has 0 spiro atoms. The van der Waals surface area contributed by atoms with E-state index in [0.29, 0.717) is 5.75 Å². The number of hydrogen-bond acceptors (Lipinski definition) is 4. The summed E-state index contributed by atoms with van der Waals surface area (Å²) in [7, 11) is 0.548. The Morgan fingerprint density at radius 3 is 2.68 bits per heavy atom. The molecule has 0 aliphatic carbocycles. The number of hydrogen-bond donors (Lipinski definition) is 2.